The van der Waals surface area contributed by atoms with E-state index in [2.05, 4.69) is 39.0 Å². The molecule has 0 atom stereocenters. The smallest absolute Gasteiger partial charge is 0.208 e. The molecule has 0 bridgehead atoms. The molecule has 0 fully saturated rings. The average molecular weight is 358 g/mol. The van der Waals surface area contributed by atoms with E-state index in [1.807, 2.05) is 18.2 Å². The van der Waals surface area contributed by atoms with Crippen LogP contribution in [0.5, 0.6) is 0 Å². The van der Waals surface area contributed by atoms with Gasteiger partial charge in [0.2, 0.25) is 5.89 Å². The van der Waals surface area contributed by atoms with Gasteiger partial charge in [-0.05, 0) is 28.7 Å². The van der Waals surface area contributed by atoms with Crippen LogP contribution in [0, 0.1) is 3.57 Å². The number of hydrogen-bond donors (Lipinski definition) is 1. The summed E-state index contributed by atoms with van der Waals surface area (Å²) < 4.78 is 11.8. The van der Waals surface area contributed by atoms with Crippen LogP contribution in [0.25, 0.3) is 11.3 Å². The molecule has 0 amide bonds. The predicted octanol–water partition coefficient (Wildman–Crippen LogP) is 2.68. The third-order valence-electron chi connectivity index (χ3n) is 2.45. The minimum Gasteiger partial charge on any atom is -0.439 e. The molecule has 0 aliphatic rings. The van der Waals surface area contributed by atoms with Gasteiger partial charge in [-0.25, -0.2) is 4.98 Å². The van der Waals surface area contributed by atoms with Crippen molar-refractivity contribution in [3.63, 3.8) is 0 Å². The van der Waals surface area contributed by atoms with Crippen LogP contribution < -0.4 is 5.32 Å². The average Bonchev–Trinajstić information content (AvgIpc) is 2.84. The Morgan fingerprint density at radius 3 is 3.00 bits per heavy atom. The van der Waals surface area contributed by atoms with Crippen molar-refractivity contribution in [1.82, 2.24) is 10.3 Å². The summed E-state index contributed by atoms with van der Waals surface area (Å²) in [5.74, 6) is 1.50. The summed E-state index contributed by atoms with van der Waals surface area (Å²) in [6.07, 6.45) is 1.77. The summed E-state index contributed by atoms with van der Waals surface area (Å²) in [6.45, 7) is 2.09. The summed E-state index contributed by atoms with van der Waals surface area (Å²) in [6, 6.07) is 8.09. The Hall–Kier alpha value is -0.920. The van der Waals surface area contributed by atoms with Gasteiger partial charge in [-0.3, -0.25) is 0 Å². The standard InChI is InChI=1S/C13H15IN2O2/c1-17-7-6-15-9-13-16-8-12(18-13)10-4-2-3-5-11(10)14/h2-5,8,15H,6-7,9H2,1H3. The van der Waals surface area contributed by atoms with Gasteiger partial charge < -0.3 is 14.5 Å². The van der Waals surface area contributed by atoms with E-state index in [9.17, 15) is 0 Å². The molecule has 1 aromatic carbocycles. The fourth-order valence-electron chi connectivity index (χ4n) is 1.55. The third kappa shape index (κ3) is 3.54. The summed E-state index contributed by atoms with van der Waals surface area (Å²) in [5, 5.41) is 3.20. The zero-order valence-electron chi connectivity index (χ0n) is 10.1. The SMILES string of the molecule is COCCNCc1ncc(-c2ccccc2I)o1. The van der Waals surface area contributed by atoms with Gasteiger partial charge in [0.05, 0.1) is 19.3 Å². The van der Waals surface area contributed by atoms with E-state index in [-0.39, 0.29) is 0 Å². The van der Waals surface area contributed by atoms with Crippen molar-refractivity contribution in [2.75, 3.05) is 20.3 Å². The molecule has 4 nitrogen and oxygen atoms in total. The maximum atomic E-state index is 5.71. The molecule has 5 heteroatoms. The van der Waals surface area contributed by atoms with Crippen LogP contribution in [-0.2, 0) is 11.3 Å². The molecule has 18 heavy (non-hydrogen) atoms. The number of oxazole rings is 1. The topological polar surface area (TPSA) is 47.3 Å². The molecule has 2 aromatic rings. The lowest BCUT2D eigenvalue weighted by Gasteiger charge is -2.01. The van der Waals surface area contributed by atoms with Gasteiger partial charge in [0, 0.05) is 22.8 Å². The number of rotatable bonds is 6. The van der Waals surface area contributed by atoms with Crippen molar-refractivity contribution < 1.29 is 9.15 Å². The maximum Gasteiger partial charge on any atom is 0.208 e. The van der Waals surface area contributed by atoms with Crippen LogP contribution in [0.3, 0.4) is 0 Å². The highest BCUT2D eigenvalue weighted by molar-refractivity contribution is 14.1. The molecule has 0 saturated heterocycles. The lowest BCUT2D eigenvalue weighted by atomic mass is 10.2. The van der Waals surface area contributed by atoms with Crippen LogP contribution in [-0.4, -0.2) is 25.2 Å². The van der Waals surface area contributed by atoms with Crippen molar-refractivity contribution in [2.45, 2.75) is 6.54 Å². The van der Waals surface area contributed by atoms with Crippen molar-refractivity contribution in [2.24, 2.45) is 0 Å². The van der Waals surface area contributed by atoms with Gasteiger partial charge in [0.15, 0.2) is 5.76 Å². The molecular formula is C13H15IN2O2. The van der Waals surface area contributed by atoms with Gasteiger partial charge >= 0.3 is 0 Å². The zero-order chi connectivity index (χ0) is 12.8. The molecule has 0 aliphatic carbocycles. The summed E-state index contributed by atoms with van der Waals surface area (Å²) in [4.78, 5) is 4.26. The second kappa shape index (κ2) is 6.86. The normalized spacial score (nSPS) is 10.8. The largest absolute Gasteiger partial charge is 0.439 e. The monoisotopic (exact) mass is 358 g/mol. The second-order valence-corrected chi connectivity index (χ2v) is 4.93. The first kappa shape index (κ1) is 13.5. The van der Waals surface area contributed by atoms with Gasteiger partial charge in [-0.1, -0.05) is 18.2 Å². The van der Waals surface area contributed by atoms with Gasteiger partial charge in [0.25, 0.3) is 0 Å². The number of ether oxygens (including phenoxy) is 1. The number of methoxy groups -OCH3 is 1. The highest BCUT2D eigenvalue weighted by atomic mass is 127. The van der Waals surface area contributed by atoms with Gasteiger partial charge in [-0.2, -0.15) is 0 Å². The fourth-order valence-corrected chi connectivity index (χ4v) is 2.20. The number of halogens is 1. The number of nitrogens with one attached hydrogen (secondary N) is 1. The van der Waals surface area contributed by atoms with Gasteiger partial charge in [-0.15, -0.1) is 0 Å². The quantitative estimate of drug-likeness (QED) is 0.637. The highest BCUT2D eigenvalue weighted by Crippen LogP contribution is 2.25. The van der Waals surface area contributed by atoms with E-state index in [1.54, 1.807) is 13.3 Å². The Labute approximate surface area is 120 Å². The Bertz CT molecular complexity index is 499. The van der Waals surface area contributed by atoms with E-state index in [0.717, 1.165) is 21.4 Å². The van der Waals surface area contributed by atoms with Gasteiger partial charge in [0.1, 0.15) is 0 Å². The Kier molecular flexibility index (Phi) is 5.15. The Morgan fingerprint density at radius 1 is 1.39 bits per heavy atom. The van der Waals surface area contributed by atoms with E-state index < -0.39 is 0 Å². The number of aromatic nitrogens is 1. The van der Waals surface area contributed by atoms with E-state index in [1.165, 1.54) is 0 Å². The van der Waals surface area contributed by atoms with Crippen molar-refractivity contribution >= 4 is 22.6 Å². The predicted molar refractivity (Wildman–Crippen MR) is 78.2 cm³/mol. The van der Waals surface area contributed by atoms with Crippen molar-refractivity contribution in [3.05, 3.63) is 39.9 Å². The minimum atomic E-state index is 0.618. The Balaban J connectivity index is 2.00. The molecule has 0 spiro atoms. The van der Waals surface area contributed by atoms with Crippen LogP contribution in [0.15, 0.2) is 34.9 Å². The second-order valence-electron chi connectivity index (χ2n) is 3.77. The number of benzene rings is 1. The third-order valence-corrected chi connectivity index (χ3v) is 3.39. The first-order chi connectivity index (χ1) is 8.81. The number of hydrogen-bond acceptors (Lipinski definition) is 4. The molecule has 1 aromatic heterocycles. The van der Waals surface area contributed by atoms with Crippen molar-refractivity contribution in [1.29, 1.82) is 0 Å². The minimum absolute atomic E-state index is 0.618. The maximum absolute atomic E-state index is 5.71. The molecule has 0 radical (unpaired) electrons. The van der Waals surface area contributed by atoms with Crippen LogP contribution in [0.1, 0.15) is 5.89 Å². The molecule has 1 heterocycles. The van der Waals surface area contributed by atoms with Crippen LogP contribution in [0.4, 0.5) is 0 Å². The molecule has 0 aliphatic heterocycles. The van der Waals surface area contributed by atoms with Crippen LogP contribution in [0.2, 0.25) is 0 Å². The van der Waals surface area contributed by atoms with Crippen molar-refractivity contribution in [3.8, 4) is 11.3 Å². The summed E-state index contributed by atoms with van der Waals surface area (Å²) >= 11 is 2.29. The summed E-state index contributed by atoms with van der Waals surface area (Å²) in [7, 11) is 1.68. The lowest BCUT2D eigenvalue weighted by Crippen LogP contribution is -2.18. The molecule has 96 valence electrons. The number of nitrogens with zero attached hydrogens (tertiary/aromatic N) is 1. The Morgan fingerprint density at radius 2 is 2.22 bits per heavy atom. The van der Waals surface area contributed by atoms with E-state index in [4.69, 9.17) is 9.15 Å². The zero-order valence-corrected chi connectivity index (χ0v) is 12.3. The molecule has 0 saturated carbocycles. The highest BCUT2D eigenvalue weighted by Gasteiger charge is 2.08. The first-order valence-corrected chi connectivity index (χ1v) is 6.78. The van der Waals surface area contributed by atoms with E-state index >= 15 is 0 Å². The van der Waals surface area contributed by atoms with E-state index in [0.29, 0.717) is 19.0 Å². The molecular weight excluding hydrogens is 343 g/mol. The molecule has 1 N–H and O–H groups in total. The lowest BCUT2D eigenvalue weighted by molar-refractivity contribution is 0.198. The van der Waals surface area contributed by atoms with Crippen LogP contribution >= 0.6 is 22.6 Å². The fraction of sp³-hybridized carbons (Fsp3) is 0.308. The molecule has 0 unspecified atom stereocenters. The summed E-state index contributed by atoms with van der Waals surface area (Å²) in [5.41, 5.74) is 1.08. The first-order valence-electron chi connectivity index (χ1n) is 5.70. The molecule has 2 rings (SSSR count).